The van der Waals surface area contributed by atoms with Gasteiger partial charge in [0.1, 0.15) is 0 Å². The Hall–Kier alpha value is -2.16. The number of hydrogen-bond donors (Lipinski definition) is 0. The van der Waals surface area contributed by atoms with E-state index in [9.17, 15) is 0 Å². The van der Waals surface area contributed by atoms with Crippen LogP contribution in [-0.2, 0) is 10.4 Å². The van der Waals surface area contributed by atoms with Crippen LogP contribution in [0.2, 0.25) is 0 Å². The lowest BCUT2D eigenvalue weighted by molar-refractivity contribution is -0.00763. The van der Waals surface area contributed by atoms with E-state index in [0.29, 0.717) is 0 Å². The van der Waals surface area contributed by atoms with Crippen molar-refractivity contribution >= 4 is 5.71 Å². The van der Waals surface area contributed by atoms with Gasteiger partial charge in [0, 0.05) is 24.4 Å². The third-order valence-electron chi connectivity index (χ3n) is 3.24. The second-order valence-corrected chi connectivity index (χ2v) is 4.64. The lowest BCUT2D eigenvalue weighted by atomic mass is 9.90. The van der Waals surface area contributed by atoms with Crippen LogP contribution >= 0.6 is 0 Å². The molecule has 1 aliphatic rings. The van der Waals surface area contributed by atoms with Gasteiger partial charge in [-0.25, -0.2) is 0 Å². The van der Waals surface area contributed by atoms with Crippen molar-refractivity contribution < 1.29 is 4.84 Å². The summed E-state index contributed by atoms with van der Waals surface area (Å²) in [6, 6.07) is 14.1. The van der Waals surface area contributed by atoms with E-state index in [1.54, 1.807) is 6.20 Å². The predicted octanol–water partition coefficient (Wildman–Crippen LogP) is 3.12. The minimum absolute atomic E-state index is 0.403. The average Bonchev–Trinajstić information content (AvgIpc) is 2.85. The van der Waals surface area contributed by atoms with E-state index in [4.69, 9.17) is 4.84 Å². The minimum Gasteiger partial charge on any atom is -0.384 e. The molecule has 0 spiro atoms. The van der Waals surface area contributed by atoms with Crippen molar-refractivity contribution in [3.8, 4) is 0 Å². The van der Waals surface area contributed by atoms with Crippen LogP contribution in [-0.4, -0.2) is 10.7 Å². The highest BCUT2D eigenvalue weighted by Crippen LogP contribution is 2.35. The molecule has 1 aromatic carbocycles. The van der Waals surface area contributed by atoms with Crippen LogP contribution in [0.4, 0.5) is 0 Å². The minimum atomic E-state index is -0.403. The van der Waals surface area contributed by atoms with E-state index >= 15 is 0 Å². The molecular weight excluding hydrogens is 224 g/mol. The maximum Gasteiger partial charge on any atom is 0.167 e. The molecule has 3 heteroatoms. The summed E-state index contributed by atoms with van der Waals surface area (Å²) in [7, 11) is 0. The molecular formula is C15H14N2O. The summed E-state index contributed by atoms with van der Waals surface area (Å²) in [5, 5.41) is 4.22. The number of nitrogens with zero attached hydrogens (tertiary/aromatic N) is 2. The standard InChI is InChI=1S/C15H14N2O/c1-15(13-8-5-9-16-11-13)10-14(17-18-15)12-6-3-2-4-7-12/h2-9,11H,10H2,1H3. The molecule has 3 rings (SSSR count). The number of aromatic nitrogens is 1. The fraction of sp³-hybridized carbons (Fsp3) is 0.200. The number of oxime groups is 1. The van der Waals surface area contributed by atoms with Gasteiger partial charge in [-0.05, 0) is 18.6 Å². The summed E-state index contributed by atoms with van der Waals surface area (Å²) >= 11 is 0. The zero-order chi connectivity index (χ0) is 12.4. The van der Waals surface area contributed by atoms with Gasteiger partial charge in [0.2, 0.25) is 0 Å². The molecule has 2 aromatic rings. The first-order chi connectivity index (χ1) is 8.78. The van der Waals surface area contributed by atoms with Crippen molar-refractivity contribution in [2.45, 2.75) is 18.9 Å². The molecule has 0 aliphatic carbocycles. The molecule has 0 amide bonds. The zero-order valence-electron chi connectivity index (χ0n) is 10.2. The van der Waals surface area contributed by atoms with Crippen LogP contribution < -0.4 is 0 Å². The molecule has 0 N–H and O–H groups in total. The number of benzene rings is 1. The monoisotopic (exact) mass is 238 g/mol. The average molecular weight is 238 g/mol. The maximum atomic E-state index is 5.64. The Morgan fingerprint density at radius 3 is 2.67 bits per heavy atom. The van der Waals surface area contributed by atoms with Crippen molar-refractivity contribution in [1.82, 2.24) is 4.98 Å². The van der Waals surface area contributed by atoms with Gasteiger partial charge in [-0.2, -0.15) is 0 Å². The molecule has 18 heavy (non-hydrogen) atoms. The molecule has 1 aliphatic heterocycles. The van der Waals surface area contributed by atoms with Crippen molar-refractivity contribution in [2.75, 3.05) is 0 Å². The number of rotatable bonds is 2. The summed E-state index contributed by atoms with van der Waals surface area (Å²) in [5.74, 6) is 0. The van der Waals surface area contributed by atoms with Crippen LogP contribution in [0.3, 0.4) is 0 Å². The summed E-state index contributed by atoms with van der Waals surface area (Å²) in [6.45, 7) is 2.05. The number of hydrogen-bond acceptors (Lipinski definition) is 3. The van der Waals surface area contributed by atoms with E-state index in [0.717, 1.165) is 23.3 Å². The van der Waals surface area contributed by atoms with Crippen LogP contribution in [0.15, 0.2) is 60.0 Å². The zero-order valence-corrected chi connectivity index (χ0v) is 10.2. The first kappa shape index (κ1) is 11.0. The lowest BCUT2D eigenvalue weighted by Gasteiger charge is -2.21. The van der Waals surface area contributed by atoms with Gasteiger partial charge in [0.25, 0.3) is 0 Å². The Morgan fingerprint density at radius 1 is 1.11 bits per heavy atom. The molecule has 0 radical (unpaired) electrons. The molecule has 0 fully saturated rings. The summed E-state index contributed by atoms with van der Waals surface area (Å²) in [6.07, 6.45) is 4.37. The normalized spacial score (nSPS) is 22.4. The smallest absolute Gasteiger partial charge is 0.167 e. The van der Waals surface area contributed by atoms with Crippen LogP contribution in [0.1, 0.15) is 24.5 Å². The highest BCUT2D eigenvalue weighted by atomic mass is 16.7. The Bertz CT molecular complexity index is 566. The molecule has 0 saturated carbocycles. The van der Waals surface area contributed by atoms with E-state index in [1.807, 2.05) is 43.5 Å². The molecule has 90 valence electrons. The Labute approximate surface area is 106 Å². The van der Waals surface area contributed by atoms with Crippen LogP contribution in [0, 0.1) is 0 Å². The first-order valence-corrected chi connectivity index (χ1v) is 5.99. The van der Waals surface area contributed by atoms with Gasteiger partial charge in [0.05, 0.1) is 5.71 Å². The van der Waals surface area contributed by atoms with Crippen molar-refractivity contribution in [1.29, 1.82) is 0 Å². The molecule has 0 saturated heterocycles. The van der Waals surface area contributed by atoms with E-state index < -0.39 is 5.60 Å². The highest BCUT2D eigenvalue weighted by molar-refractivity contribution is 6.01. The second kappa shape index (κ2) is 4.26. The van der Waals surface area contributed by atoms with Crippen molar-refractivity contribution in [2.24, 2.45) is 5.16 Å². The topological polar surface area (TPSA) is 34.5 Å². The fourth-order valence-electron chi connectivity index (χ4n) is 2.16. The Kier molecular flexibility index (Phi) is 2.59. The summed E-state index contributed by atoms with van der Waals surface area (Å²) < 4.78 is 0. The molecule has 0 bridgehead atoms. The molecule has 3 nitrogen and oxygen atoms in total. The predicted molar refractivity (Wildman–Crippen MR) is 70.3 cm³/mol. The Balaban J connectivity index is 1.86. The van der Waals surface area contributed by atoms with Gasteiger partial charge in [-0.15, -0.1) is 0 Å². The third kappa shape index (κ3) is 1.88. The molecule has 1 unspecified atom stereocenters. The molecule has 1 atom stereocenters. The van der Waals surface area contributed by atoms with Crippen molar-refractivity contribution in [3.63, 3.8) is 0 Å². The maximum absolute atomic E-state index is 5.64. The Morgan fingerprint density at radius 2 is 1.94 bits per heavy atom. The quantitative estimate of drug-likeness (QED) is 0.805. The van der Waals surface area contributed by atoms with Crippen molar-refractivity contribution in [3.05, 3.63) is 66.0 Å². The van der Waals surface area contributed by atoms with Crippen LogP contribution in [0.25, 0.3) is 0 Å². The van der Waals surface area contributed by atoms with Gasteiger partial charge >= 0.3 is 0 Å². The molecule has 2 heterocycles. The van der Waals surface area contributed by atoms with Gasteiger partial charge < -0.3 is 4.84 Å². The highest BCUT2D eigenvalue weighted by Gasteiger charge is 2.36. The van der Waals surface area contributed by atoms with Crippen LogP contribution in [0.5, 0.6) is 0 Å². The van der Waals surface area contributed by atoms with E-state index in [1.165, 1.54) is 0 Å². The van der Waals surface area contributed by atoms with E-state index in [2.05, 4.69) is 22.3 Å². The largest absolute Gasteiger partial charge is 0.384 e. The second-order valence-electron chi connectivity index (χ2n) is 4.64. The molecule has 1 aromatic heterocycles. The number of pyridine rings is 1. The van der Waals surface area contributed by atoms with Gasteiger partial charge in [-0.1, -0.05) is 41.6 Å². The SMILES string of the molecule is CC1(c2cccnc2)CC(c2ccccc2)=NO1. The fourth-order valence-corrected chi connectivity index (χ4v) is 2.16. The van der Waals surface area contributed by atoms with Gasteiger partial charge in [0.15, 0.2) is 5.60 Å². The summed E-state index contributed by atoms with van der Waals surface area (Å²) in [5.41, 5.74) is 2.76. The first-order valence-electron chi connectivity index (χ1n) is 5.99. The third-order valence-corrected chi connectivity index (χ3v) is 3.24. The lowest BCUT2D eigenvalue weighted by Crippen LogP contribution is -2.22. The summed E-state index contributed by atoms with van der Waals surface area (Å²) in [4.78, 5) is 9.78. The van der Waals surface area contributed by atoms with E-state index in [-0.39, 0.29) is 0 Å². The van der Waals surface area contributed by atoms with Gasteiger partial charge in [-0.3, -0.25) is 4.98 Å².